The molecule has 0 aliphatic heterocycles. The van der Waals surface area contributed by atoms with E-state index in [2.05, 4.69) is 82.9 Å². The maximum absolute atomic E-state index is 3.55. The van der Waals surface area contributed by atoms with Gasteiger partial charge in [-0.2, -0.15) is 0 Å². The average Bonchev–Trinajstić information content (AvgIpc) is 2.93. The van der Waals surface area contributed by atoms with Gasteiger partial charge in [-0.3, -0.25) is 0 Å². The quantitative estimate of drug-likeness (QED) is 0.738. The first-order valence-electron chi connectivity index (χ1n) is 7.28. The highest BCUT2D eigenvalue weighted by atomic mass is 14.9. The summed E-state index contributed by atoms with van der Waals surface area (Å²) in [5.74, 6) is 0. The van der Waals surface area contributed by atoms with Gasteiger partial charge in [0.2, 0.25) is 0 Å². The summed E-state index contributed by atoms with van der Waals surface area (Å²) in [4.78, 5) is 0. The zero-order chi connectivity index (χ0) is 14.5. The zero-order valence-corrected chi connectivity index (χ0v) is 12.3. The normalized spacial score (nSPS) is 10.5. The van der Waals surface area contributed by atoms with Crippen LogP contribution in [0.1, 0.15) is 16.7 Å². The highest BCUT2D eigenvalue weighted by molar-refractivity contribution is 5.53. The van der Waals surface area contributed by atoms with Gasteiger partial charge in [0.1, 0.15) is 0 Å². The molecule has 0 atom stereocenters. The smallest absolute Gasteiger partial charge is 0.0415 e. The fraction of sp³-hybridized carbons (Fsp3) is 0.158. The van der Waals surface area contributed by atoms with Crippen molar-refractivity contribution in [2.45, 2.75) is 13.0 Å². The van der Waals surface area contributed by atoms with Crippen LogP contribution in [0.25, 0.3) is 0 Å². The molecule has 0 unspecified atom stereocenters. The number of hydrogen-bond donors (Lipinski definition) is 1. The first-order chi connectivity index (χ1) is 10.3. The van der Waals surface area contributed by atoms with Crippen molar-refractivity contribution in [2.24, 2.45) is 7.05 Å². The van der Waals surface area contributed by atoms with Crippen molar-refractivity contribution in [3.8, 4) is 0 Å². The van der Waals surface area contributed by atoms with Crippen LogP contribution in [0.4, 0.5) is 5.69 Å². The third-order valence-corrected chi connectivity index (χ3v) is 3.63. The fourth-order valence-electron chi connectivity index (χ4n) is 2.53. The van der Waals surface area contributed by atoms with Crippen molar-refractivity contribution in [2.75, 3.05) is 5.32 Å². The van der Waals surface area contributed by atoms with Crippen LogP contribution in [-0.4, -0.2) is 4.57 Å². The predicted molar refractivity (Wildman–Crippen MR) is 88.4 cm³/mol. The van der Waals surface area contributed by atoms with E-state index in [0.29, 0.717) is 0 Å². The molecule has 0 saturated carbocycles. The Hall–Kier alpha value is -2.48. The molecule has 1 N–H and O–H groups in total. The van der Waals surface area contributed by atoms with Crippen LogP contribution < -0.4 is 5.32 Å². The van der Waals surface area contributed by atoms with Crippen LogP contribution in [0, 0.1) is 0 Å². The minimum Gasteiger partial charge on any atom is -0.381 e. The summed E-state index contributed by atoms with van der Waals surface area (Å²) in [7, 11) is 2.05. The van der Waals surface area contributed by atoms with Crippen molar-refractivity contribution in [1.82, 2.24) is 4.57 Å². The lowest BCUT2D eigenvalue weighted by atomic mass is 10.0. The Bertz CT molecular complexity index is 698. The summed E-state index contributed by atoms with van der Waals surface area (Å²) >= 11 is 0. The lowest BCUT2D eigenvalue weighted by Gasteiger charge is -2.11. The van der Waals surface area contributed by atoms with Crippen molar-refractivity contribution >= 4 is 5.69 Å². The third-order valence-electron chi connectivity index (χ3n) is 3.63. The SMILES string of the molecule is Cn1ccc(CNc2ccccc2Cc2ccccc2)c1. The van der Waals surface area contributed by atoms with Crippen LogP contribution in [0.3, 0.4) is 0 Å². The maximum Gasteiger partial charge on any atom is 0.0415 e. The second kappa shape index (κ2) is 6.31. The van der Waals surface area contributed by atoms with Crippen molar-refractivity contribution in [3.05, 3.63) is 89.7 Å². The highest BCUT2D eigenvalue weighted by Crippen LogP contribution is 2.19. The number of anilines is 1. The topological polar surface area (TPSA) is 17.0 Å². The molecule has 0 aliphatic carbocycles. The van der Waals surface area contributed by atoms with Crippen LogP contribution in [0.15, 0.2) is 73.1 Å². The summed E-state index contributed by atoms with van der Waals surface area (Å²) in [5, 5.41) is 3.55. The van der Waals surface area contributed by atoms with Gasteiger partial charge in [-0.15, -0.1) is 0 Å². The van der Waals surface area contributed by atoms with E-state index in [1.54, 1.807) is 0 Å². The summed E-state index contributed by atoms with van der Waals surface area (Å²) in [6.07, 6.45) is 5.18. The van der Waals surface area contributed by atoms with Gasteiger partial charge in [0, 0.05) is 31.7 Å². The fourth-order valence-corrected chi connectivity index (χ4v) is 2.53. The molecule has 1 heterocycles. The van der Waals surface area contributed by atoms with E-state index in [4.69, 9.17) is 0 Å². The number of aromatic nitrogens is 1. The van der Waals surface area contributed by atoms with E-state index in [0.717, 1.165) is 13.0 Å². The minimum absolute atomic E-state index is 0.854. The van der Waals surface area contributed by atoms with Crippen molar-refractivity contribution < 1.29 is 0 Å². The molecule has 106 valence electrons. The van der Waals surface area contributed by atoms with Gasteiger partial charge >= 0.3 is 0 Å². The number of nitrogens with zero attached hydrogens (tertiary/aromatic N) is 1. The van der Waals surface area contributed by atoms with E-state index < -0.39 is 0 Å². The summed E-state index contributed by atoms with van der Waals surface area (Å²) < 4.78 is 2.08. The van der Waals surface area contributed by atoms with E-state index in [1.807, 2.05) is 7.05 Å². The summed E-state index contributed by atoms with van der Waals surface area (Å²) in [6, 6.07) is 21.3. The Morgan fingerprint density at radius 1 is 0.857 bits per heavy atom. The lowest BCUT2D eigenvalue weighted by molar-refractivity contribution is 0.920. The third kappa shape index (κ3) is 3.54. The molecule has 21 heavy (non-hydrogen) atoms. The van der Waals surface area contributed by atoms with Crippen molar-refractivity contribution in [1.29, 1.82) is 0 Å². The first-order valence-corrected chi connectivity index (χ1v) is 7.28. The first kappa shape index (κ1) is 13.5. The Labute approximate surface area is 126 Å². The molecule has 1 aromatic heterocycles. The van der Waals surface area contributed by atoms with E-state index >= 15 is 0 Å². The molecule has 0 saturated heterocycles. The number of aryl methyl sites for hydroxylation is 1. The van der Waals surface area contributed by atoms with E-state index in [9.17, 15) is 0 Å². The van der Waals surface area contributed by atoms with Crippen molar-refractivity contribution in [3.63, 3.8) is 0 Å². The number of rotatable bonds is 5. The minimum atomic E-state index is 0.854. The molecule has 2 nitrogen and oxygen atoms in total. The summed E-state index contributed by atoms with van der Waals surface area (Å²) in [5.41, 5.74) is 5.18. The molecule has 2 heteroatoms. The zero-order valence-electron chi connectivity index (χ0n) is 12.3. The number of nitrogens with one attached hydrogen (secondary N) is 1. The lowest BCUT2D eigenvalue weighted by Crippen LogP contribution is -2.02. The second-order valence-electron chi connectivity index (χ2n) is 5.36. The molecule has 0 amide bonds. The van der Waals surface area contributed by atoms with E-state index in [1.165, 1.54) is 22.4 Å². The summed E-state index contributed by atoms with van der Waals surface area (Å²) in [6.45, 7) is 0.854. The van der Waals surface area contributed by atoms with Gasteiger partial charge < -0.3 is 9.88 Å². The van der Waals surface area contributed by atoms with Gasteiger partial charge in [0.15, 0.2) is 0 Å². The second-order valence-corrected chi connectivity index (χ2v) is 5.36. The molecule has 0 bridgehead atoms. The molecule has 0 spiro atoms. The molecule has 3 rings (SSSR count). The Kier molecular flexibility index (Phi) is 4.06. The van der Waals surface area contributed by atoms with Gasteiger partial charge in [-0.05, 0) is 35.2 Å². The van der Waals surface area contributed by atoms with Gasteiger partial charge in [-0.1, -0.05) is 48.5 Å². The van der Waals surface area contributed by atoms with Crippen LogP contribution in [-0.2, 0) is 20.0 Å². The standard InChI is InChI=1S/C19H20N2/c1-21-12-11-17(15-21)14-20-19-10-6-5-9-18(19)13-16-7-3-2-4-8-16/h2-12,15,20H,13-14H2,1H3. The number of benzene rings is 2. The van der Waals surface area contributed by atoms with E-state index in [-0.39, 0.29) is 0 Å². The molecule has 0 fully saturated rings. The number of para-hydroxylation sites is 1. The molecule has 0 aliphatic rings. The average molecular weight is 276 g/mol. The molecular weight excluding hydrogens is 256 g/mol. The Morgan fingerprint density at radius 3 is 2.38 bits per heavy atom. The Balaban J connectivity index is 1.73. The van der Waals surface area contributed by atoms with Gasteiger partial charge in [-0.25, -0.2) is 0 Å². The Morgan fingerprint density at radius 2 is 1.62 bits per heavy atom. The van der Waals surface area contributed by atoms with Gasteiger partial charge in [0.05, 0.1) is 0 Å². The van der Waals surface area contributed by atoms with Gasteiger partial charge in [0.25, 0.3) is 0 Å². The molecule has 3 aromatic rings. The molecule has 2 aromatic carbocycles. The highest BCUT2D eigenvalue weighted by Gasteiger charge is 2.03. The predicted octanol–water partition coefficient (Wildman–Crippen LogP) is 4.23. The largest absolute Gasteiger partial charge is 0.381 e. The molecular formula is C19H20N2. The van der Waals surface area contributed by atoms with Crippen LogP contribution >= 0.6 is 0 Å². The number of hydrogen-bond acceptors (Lipinski definition) is 1. The monoisotopic (exact) mass is 276 g/mol. The molecule has 0 radical (unpaired) electrons. The van der Waals surface area contributed by atoms with Crippen LogP contribution in [0.2, 0.25) is 0 Å². The van der Waals surface area contributed by atoms with Crippen LogP contribution in [0.5, 0.6) is 0 Å². The maximum atomic E-state index is 3.55.